The summed E-state index contributed by atoms with van der Waals surface area (Å²) < 4.78 is 6.83. The van der Waals surface area contributed by atoms with Gasteiger partial charge >= 0.3 is 6.03 Å². The molecule has 35 heavy (non-hydrogen) atoms. The largest absolute Gasteiger partial charge is 0.497 e. The standard InChI is InChI=1S/C26H26N6O3/c1-35-21-11-9-20(10-12-21)28-26(34)31-16-14-30(15-17-31)24-25(33)32(18-19-6-3-2-4-7-19)23-22(29-24)8-5-13-27-23/h2-13H,14-18H2,1H3,(H,28,34). The van der Waals surface area contributed by atoms with Crippen LogP contribution in [0.3, 0.4) is 0 Å². The summed E-state index contributed by atoms with van der Waals surface area (Å²) in [5.41, 5.74) is 2.75. The van der Waals surface area contributed by atoms with Crippen LogP contribution in [0.15, 0.2) is 77.7 Å². The second kappa shape index (κ2) is 9.84. The normalized spacial score (nSPS) is 13.6. The molecule has 178 valence electrons. The van der Waals surface area contributed by atoms with E-state index in [1.807, 2.05) is 47.4 Å². The minimum Gasteiger partial charge on any atom is -0.497 e. The van der Waals surface area contributed by atoms with Crippen LogP contribution in [0.5, 0.6) is 5.75 Å². The molecule has 0 aliphatic carbocycles. The van der Waals surface area contributed by atoms with Gasteiger partial charge in [0.25, 0.3) is 5.56 Å². The van der Waals surface area contributed by atoms with Crippen molar-refractivity contribution in [3.8, 4) is 5.75 Å². The van der Waals surface area contributed by atoms with Gasteiger partial charge in [0.2, 0.25) is 0 Å². The van der Waals surface area contributed by atoms with Crippen LogP contribution in [-0.4, -0.2) is 58.8 Å². The minimum atomic E-state index is -0.184. The molecule has 0 saturated carbocycles. The summed E-state index contributed by atoms with van der Waals surface area (Å²) in [6, 6.07) is 20.5. The molecule has 4 aromatic rings. The molecule has 2 amide bonds. The van der Waals surface area contributed by atoms with Gasteiger partial charge in [0.15, 0.2) is 11.5 Å². The molecular formula is C26H26N6O3. The number of carbonyl (C=O) groups excluding carboxylic acids is 1. The zero-order valence-corrected chi connectivity index (χ0v) is 19.4. The Morgan fingerprint density at radius 3 is 2.43 bits per heavy atom. The summed E-state index contributed by atoms with van der Waals surface area (Å²) in [6.07, 6.45) is 1.67. The average Bonchev–Trinajstić information content (AvgIpc) is 2.91. The van der Waals surface area contributed by atoms with Crippen LogP contribution in [-0.2, 0) is 6.54 Å². The zero-order valence-electron chi connectivity index (χ0n) is 19.4. The predicted octanol–water partition coefficient (Wildman–Crippen LogP) is 3.20. The number of rotatable bonds is 5. The summed E-state index contributed by atoms with van der Waals surface area (Å²) in [7, 11) is 1.60. The van der Waals surface area contributed by atoms with Gasteiger partial charge < -0.3 is 19.9 Å². The van der Waals surface area contributed by atoms with E-state index in [1.54, 1.807) is 47.0 Å². The fraction of sp³-hybridized carbons (Fsp3) is 0.231. The summed E-state index contributed by atoms with van der Waals surface area (Å²) in [5.74, 6) is 1.12. The molecule has 0 spiro atoms. The summed E-state index contributed by atoms with van der Waals surface area (Å²) in [5, 5.41) is 2.91. The SMILES string of the molecule is COc1ccc(NC(=O)N2CCN(c3nc4cccnc4n(Cc4ccccc4)c3=O)CC2)cc1. The Labute approximate surface area is 202 Å². The molecule has 3 heterocycles. The molecule has 1 N–H and O–H groups in total. The van der Waals surface area contributed by atoms with Gasteiger partial charge in [0.1, 0.15) is 11.3 Å². The first-order valence-electron chi connectivity index (χ1n) is 11.5. The molecule has 0 radical (unpaired) electrons. The van der Waals surface area contributed by atoms with Gasteiger partial charge in [-0.05, 0) is 42.0 Å². The molecule has 0 bridgehead atoms. The summed E-state index contributed by atoms with van der Waals surface area (Å²) in [4.78, 5) is 39.0. The number of nitrogens with one attached hydrogen (secondary N) is 1. The number of nitrogens with zero attached hydrogens (tertiary/aromatic N) is 5. The second-order valence-electron chi connectivity index (χ2n) is 8.29. The molecule has 0 unspecified atom stereocenters. The first kappa shape index (κ1) is 22.4. The molecule has 2 aromatic heterocycles. The highest BCUT2D eigenvalue weighted by atomic mass is 16.5. The van der Waals surface area contributed by atoms with Crippen LogP contribution in [0.1, 0.15) is 5.56 Å². The average molecular weight is 471 g/mol. The number of hydrogen-bond donors (Lipinski definition) is 1. The Morgan fingerprint density at radius 2 is 1.71 bits per heavy atom. The van der Waals surface area contributed by atoms with E-state index in [-0.39, 0.29) is 11.6 Å². The summed E-state index contributed by atoms with van der Waals surface area (Å²) >= 11 is 0. The fourth-order valence-corrected chi connectivity index (χ4v) is 4.18. The number of urea groups is 1. The first-order valence-corrected chi connectivity index (χ1v) is 11.5. The number of anilines is 2. The maximum absolute atomic E-state index is 13.5. The van der Waals surface area contributed by atoms with Crippen molar-refractivity contribution in [3.63, 3.8) is 0 Å². The van der Waals surface area contributed by atoms with Gasteiger partial charge in [-0.1, -0.05) is 30.3 Å². The van der Waals surface area contributed by atoms with Crippen LogP contribution < -0.4 is 20.5 Å². The van der Waals surface area contributed by atoms with E-state index in [2.05, 4.69) is 15.3 Å². The molecule has 1 aliphatic heterocycles. The zero-order chi connectivity index (χ0) is 24.2. The van der Waals surface area contributed by atoms with Crippen molar-refractivity contribution in [3.05, 3.63) is 88.8 Å². The molecule has 9 nitrogen and oxygen atoms in total. The van der Waals surface area contributed by atoms with Gasteiger partial charge in [0, 0.05) is 38.1 Å². The number of fused-ring (bicyclic) bond motifs is 1. The topological polar surface area (TPSA) is 92.6 Å². The fourth-order valence-electron chi connectivity index (χ4n) is 4.18. The molecule has 1 fully saturated rings. The summed E-state index contributed by atoms with van der Waals surface area (Å²) in [6.45, 7) is 2.39. The van der Waals surface area contributed by atoms with E-state index < -0.39 is 0 Å². The van der Waals surface area contributed by atoms with E-state index in [1.165, 1.54) is 0 Å². The highest BCUT2D eigenvalue weighted by molar-refractivity contribution is 5.89. The van der Waals surface area contributed by atoms with Gasteiger partial charge in [-0.3, -0.25) is 9.36 Å². The van der Waals surface area contributed by atoms with E-state index in [9.17, 15) is 9.59 Å². The Morgan fingerprint density at radius 1 is 0.971 bits per heavy atom. The molecule has 1 saturated heterocycles. The Bertz CT molecular complexity index is 1380. The number of ether oxygens (including phenoxy) is 1. The molecule has 1 aliphatic rings. The van der Waals surface area contributed by atoms with Crippen LogP contribution in [0, 0.1) is 0 Å². The number of piperazine rings is 1. The van der Waals surface area contributed by atoms with Crippen molar-refractivity contribution in [2.75, 3.05) is 43.5 Å². The van der Waals surface area contributed by atoms with Crippen LogP contribution in [0.4, 0.5) is 16.3 Å². The highest BCUT2D eigenvalue weighted by Gasteiger charge is 2.25. The number of aromatic nitrogens is 3. The third-order valence-corrected chi connectivity index (χ3v) is 6.08. The van der Waals surface area contributed by atoms with E-state index in [4.69, 9.17) is 4.74 Å². The lowest BCUT2D eigenvalue weighted by atomic mass is 10.2. The monoisotopic (exact) mass is 470 g/mol. The molecular weight excluding hydrogens is 444 g/mol. The van der Waals surface area contributed by atoms with E-state index >= 15 is 0 Å². The van der Waals surface area contributed by atoms with Crippen LogP contribution in [0.2, 0.25) is 0 Å². The third kappa shape index (κ3) is 4.79. The Hall–Kier alpha value is -4.40. The van der Waals surface area contributed by atoms with E-state index in [0.29, 0.717) is 55.4 Å². The lowest BCUT2D eigenvalue weighted by Gasteiger charge is -2.35. The van der Waals surface area contributed by atoms with Gasteiger partial charge in [-0.25, -0.2) is 14.8 Å². The smallest absolute Gasteiger partial charge is 0.321 e. The van der Waals surface area contributed by atoms with Crippen molar-refractivity contribution in [2.45, 2.75) is 6.54 Å². The number of methoxy groups -OCH3 is 1. The highest BCUT2D eigenvalue weighted by Crippen LogP contribution is 2.18. The van der Waals surface area contributed by atoms with Crippen molar-refractivity contribution >= 4 is 28.7 Å². The molecule has 2 aromatic carbocycles. The lowest BCUT2D eigenvalue weighted by molar-refractivity contribution is 0.208. The van der Waals surface area contributed by atoms with Crippen molar-refractivity contribution < 1.29 is 9.53 Å². The first-order chi connectivity index (χ1) is 17.1. The predicted molar refractivity (Wildman–Crippen MR) is 135 cm³/mol. The maximum atomic E-state index is 13.5. The quantitative estimate of drug-likeness (QED) is 0.482. The lowest BCUT2D eigenvalue weighted by Crippen LogP contribution is -2.51. The number of carbonyl (C=O) groups is 1. The number of amides is 2. The van der Waals surface area contributed by atoms with Crippen molar-refractivity contribution in [1.82, 2.24) is 19.4 Å². The number of benzene rings is 2. The van der Waals surface area contributed by atoms with Gasteiger partial charge in [0.05, 0.1) is 13.7 Å². The van der Waals surface area contributed by atoms with Gasteiger partial charge in [-0.2, -0.15) is 0 Å². The molecule has 9 heteroatoms. The molecule has 5 rings (SSSR count). The number of pyridine rings is 1. The van der Waals surface area contributed by atoms with E-state index in [0.717, 1.165) is 11.3 Å². The number of hydrogen-bond acceptors (Lipinski definition) is 6. The Kier molecular flexibility index (Phi) is 6.30. The Balaban J connectivity index is 1.33. The molecule has 0 atom stereocenters. The van der Waals surface area contributed by atoms with Crippen molar-refractivity contribution in [1.29, 1.82) is 0 Å². The van der Waals surface area contributed by atoms with Gasteiger partial charge in [-0.15, -0.1) is 0 Å². The second-order valence-corrected chi connectivity index (χ2v) is 8.29. The van der Waals surface area contributed by atoms with Crippen LogP contribution >= 0.6 is 0 Å². The maximum Gasteiger partial charge on any atom is 0.321 e. The minimum absolute atomic E-state index is 0.174. The van der Waals surface area contributed by atoms with Crippen LogP contribution in [0.25, 0.3) is 11.2 Å². The van der Waals surface area contributed by atoms with Crippen molar-refractivity contribution in [2.24, 2.45) is 0 Å². The third-order valence-electron chi connectivity index (χ3n) is 6.08.